The zero-order valence-electron chi connectivity index (χ0n) is 7.98. The van der Waals surface area contributed by atoms with Crippen LogP contribution in [0.4, 0.5) is 0 Å². The average Bonchev–Trinajstić information content (AvgIpc) is 2.18. The minimum Gasteiger partial charge on any atom is -0.266 e. The maximum atomic E-state index is 11.3. The summed E-state index contributed by atoms with van der Waals surface area (Å²) < 4.78 is 0. The lowest BCUT2D eigenvalue weighted by Crippen LogP contribution is -2.11. The van der Waals surface area contributed by atoms with E-state index < -0.39 is 0 Å². The molecule has 2 rings (SSSR count). The van der Waals surface area contributed by atoms with Crippen LogP contribution in [0.25, 0.3) is 10.9 Å². The molecule has 2 aromatic rings. The number of hydrogen-bond donors (Lipinski definition) is 1. The van der Waals surface area contributed by atoms with E-state index in [0.717, 1.165) is 0 Å². The lowest BCUT2D eigenvalue weighted by molar-refractivity contribution is 0.780. The summed E-state index contributed by atoms with van der Waals surface area (Å²) in [4.78, 5) is 19.7. The van der Waals surface area contributed by atoms with Crippen LogP contribution in [0.3, 0.4) is 0 Å². The number of rotatable bonds is 1. The molecular formula is C9H10N4O. The fraction of sp³-hybridized carbons (Fsp3) is 0.333. The van der Waals surface area contributed by atoms with Crippen LogP contribution in [0.15, 0.2) is 17.2 Å². The lowest BCUT2D eigenvalue weighted by atomic mass is 10.2. The normalized spacial score (nSPS) is 11.1. The zero-order chi connectivity index (χ0) is 10.1. The van der Waals surface area contributed by atoms with Crippen molar-refractivity contribution in [1.82, 2.24) is 20.2 Å². The molecule has 0 aliphatic rings. The quantitative estimate of drug-likeness (QED) is 0.723. The predicted octanol–water partition coefficient (Wildman–Crippen LogP) is 0.836. The highest BCUT2D eigenvalue weighted by molar-refractivity contribution is 5.74. The van der Waals surface area contributed by atoms with Crippen molar-refractivity contribution < 1.29 is 0 Å². The Morgan fingerprint density at radius 1 is 1.36 bits per heavy atom. The van der Waals surface area contributed by atoms with Gasteiger partial charge in [0.05, 0.1) is 6.20 Å². The molecule has 0 amide bonds. The molecule has 0 aliphatic heterocycles. The van der Waals surface area contributed by atoms with E-state index >= 15 is 0 Å². The van der Waals surface area contributed by atoms with Gasteiger partial charge in [-0.1, -0.05) is 13.8 Å². The van der Waals surface area contributed by atoms with E-state index in [2.05, 4.69) is 20.2 Å². The average molecular weight is 190 g/mol. The molecule has 2 aromatic heterocycles. The van der Waals surface area contributed by atoms with Crippen molar-refractivity contribution in [3.8, 4) is 0 Å². The third-order valence-corrected chi connectivity index (χ3v) is 1.94. The summed E-state index contributed by atoms with van der Waals surface area (Å²) >= 11 is 0. The van der Waals surface area contributed by atoms with E-state index in [4.69, 9.17) is 0 Å². The first-order chi connectivity index (χ1) is 6.68. The van der Waals surface area contributed by atoms with Crippen molar-refractivity contribution in [3.05, 3.63) is 28.6 Å². The number of fused-ring (bicyclic) bond motifs is 1. The van der Waals surface area contributed by atoms with Crippen LogP contribution in [0.1, 0.15) is 25.6 Å². The molecule has 2 heterocycles. The van der Waals surface area contributed by atoms with Crippen molar-refractivity contribution in [1.29, 1.82) is 0 Å². The molecule has 5 nitrogen and oxygen atoms in total. The second kappa shape index (κ2) is 3.17. The van der Waals surface area contributed by atoms with Crippen LogP contribution >= 0.6 is 0 Å². The van der Waals surface area contributed by atoms with Gasteiger partial charge in [-0.15, -0.1) is 0 Å². The van der Waals surface area contributed by atoms with Gasteiger partial charge in [-0.25, -0.2) is 15.1 Å². The Morgan fingerprint density at radius 2 is 2.14 bits per heavy atom. The zero-order valence-corrected chi connectivity index (χ0v) is 7.98. The van der Waals surface area contributed by atoms with Crippen molar-refractivity contribution in [3.63, 3.8) is 0 Å². The van der Waals surface area contributed by atoms with E-state index in [1.54, 1.807) is 12.4 Å². The molecule has 1 N–H and O–H groups in total. The minimum atomic E-state index is -0.271. The first-order valence-corrected chi connectivity index (χ1v) is 4.39. The molecule has 5 heteroatoms. The van der Waals surface area contributed by atoms with E-state index in [1.807, 2.05) is 13.8 Å². The molecule has 0 spiro atoms. The fourth-order valence-corrected chi connectivity index (χ4v) is 1.17. The molecule has 0 aliphatic carbocycles. The van der Waals surface area contributed by atoms with Gasteiger partial charge in [-0.05, 0) is 0 Å². The summed E-state index contributed by atoms with van der Waals surface area (Å²) in [5, 5.41) is 6.68. The molecule has 0 radical (unpaired) electrons. The molecule has 0 saturated heterocycles. The fourth-order valence-electron chi connectivity index (χ4n) is 1.17. The first kappa shape index (κ1) is 8.80. The number of aromatic nitrogens is 4. The smallest absolute Gasteiger partial charge is 0.266 e. The predicted molar refractivity (Wildman–Crippen MR) is 52.0 cm³/mol. The van der Waals surface area contributed by atoms with E-state index in [1.165, 1.54) is 0 Å². The monoisotopic (exact) mass is 190 g/mol. The van der Waals surface area contributed by atoms with Gasteiger partial charge in [0.1, 0.15) is 11.3 Å². The van der Waals surface area contributed by atoms with Crippen LogP contribution in [0.5, 0.6) is 0 Å². The van der Waals surface area contributed by atoms with Crippen molar-refractivity contribution in [2.45, 2.75) is 19.8 Å². The molecule has 72 valence electrons. The number of aromatic amines is 1. The second-order valence-electron chi connectivity index (χ2n) is 3.39. The van der Waals surface area contributed by atoms with Crippen LogP contribution in [0, 0.1) is 0 Å². The Morgan fingerprint density at radius 3 is 2.86 bits per heavy atom. The summed E-state index contributed by atoms with van der Waals surface area (Å²) in [6, 6.07) is 0. The van der Waals surface area contributed by atoms with Gasteiger partial charge in [-0.3, -0.25) is 4.79 Å². The minimum absolute atomic E-state index is 0.215. The maximum Gasteiger partial charge on any atom is 0.290 e. The molecule has 0 saturated carbocycles. The Kier molecular flexibility index (Phi) is 1.99. The Hall–Kier alpha value is -1.78. The Bertz CT molecular complexity index is 517. The molecule has 0 atom stereocenters. The van der Waals surface area contributed by atoms with Crippen LogP contribution in [-0.2, 0) is 0 Å². The van der Waals surface area contributed by atoms with Gasteiger partial charge < -0.3 is 0 Å². The van der Waals surface area contributed by atoms with E-state index in [9.17, 15) is 4.79 Å². The summed E-state index contributed by atoms with van der Waals surface area (Å²) in [5.74, 6) is 0.890. The number of hydrogen-bond acceptors (Lipinski definition) is 4. The van der Waals surface area contributed by atoms with Crippen LogP contribution < -0.4 is 5.56 Å². The third kappa shape index (κ3) is 1.37. The topological polar surface area (TPSA) is 71.5 Å². The first-order valence-electron chi connectivity index (χ1n) is 4.39. The van der Waals surface area contributed by atoms with E-state index in [-0.39, 0.29) is 11.5 Å². The summed E-state index contributed by atoms with van der Waals surface area (Å²) in [6.07, 6.45) is 3.17. The number of nitrogens with one attached hydrogen (secondary N) is 1. The standard InChI is InChI=1S/C9H10N4O/c1-5(2)8-10-3-6-4-11-13-9(14)7(6)12-8/h3-5H,1-2H3,(H,13,14). The van der Waals surface area contributed by atoms with Gasteiger partial charge >= 0.3 is 0 Å². The van der Waals surface area contributed by atoms with Crippen molar-refractivity contribution in [2.75, 3.05) is 0 Å². The third-order valence-electron chi connectivity index (χ3n) is 1.94. The van der Waals surface area contributed by atoms with E-state index in [0.29, 0.717) is 16.7 Å². The molecule has 0 unspecified atom stereocenters. The number of nitrogens with zero attached hydrogens (tertiary/aromatic N) is 3. The van der Waals surface area contributed by atoms with Crippen LogP contribution in [0.2, 0.25) is 0 Å². The van der Waals surface area contributed by atoms with Crippen LogP contribution in [-0.4, -0.2) is 20.2 Å². The summed E-state index contributed by atoms with van der Waals surface area (Å²) in [5.41, 5.74) is 0.130. The summed E-state index contributed by atoms with van der Waals surface area (Å²) in [7, 11) is 0. The molecule has 0 fully saturated rings. The molecule has 0 bridgehead atoms. The maximum absolute atomic E-state index is 11.3. The lowest BCUT2D eigenvalue weighted by Gasteiger charge is -2.02. The second-order valence-corrected chi connectivity index (χ2v) is 3.39. The summed E-state index contributed by atoms with van der Waals surface area (Å²) in [6.45, 7) is 3.97. The Balaban J connectivity index is 2.76. The highest BCUT2D eigenvalue weighted by Gasteiger charge is 2.06. The SMILES string of the molecule is CC(C)c1ncc2cn[nH]c(=O)c2n1. The van der Waals surface area contributed by atoms with Gasteiger partial charge in [-0.2, -0.15) is 5.10 Å². The highest BCUT2D eigenvalue weighted by atomic mass is 16.1. The van der Waals surface area contributed by atoms with Crippen molar-refractivity contribution in [2.24, 2.45) is 0 Å². The molecular weight excluding hydrogens is 180 g/mol. The van der Waals surface area contributed by atoms with Crippen molar-refractivity contribution >= 4 is 10.9 Å². The largest absolute Gasteiger partial charge is 0.290 e. The van der Waals surface area contributed by atoms with Gasteiger partial charge in [0.15, 0.2) is 0 Å². The Labute approximate surface area is 80.2 Å². The highest BCUT2D eigenvalue weighted by Crippen LogP contribution is 2.10. The molecule has 0 aromatic carbocycles. The molecule has 14 heavy (non-hydrogen) atoms. The van der Waals surface area contributed by atoms with Gasteiger partial charge in [0, 0.05) is 17.5 Å². The number of H-pyrrole nitrogens is 1. The van der Waals surface area contributed by atoms with Gasteiger partial charge in [0.25, 0.3) is 5.56 Å². The van der Waals surface area contributed by atoms with Gasteiger partial charge in [0.2, 0.25) is 0 Å².